The van der Waals surface area contributed by atoms with Gasteiger partial charge in [-0.15, -0.1) is 0 Å². The van der Waals surface area contributed by atoms with Gasteiger partial charge < -0.3 is 20.1 Å². The summed E-state index contributed by atoms with van der Waals surface area (Å²) in [5, 5.41) is 6.43. The fourth-order valence-corrected chi connectivity index (χ4v) is 2.72. The Bertz CT molecular complexity index is 719. The molecule has 25 heavy (non-hydrogen) atoms. The van der Waals surface area contributed by atoms with E-state index in [1.165, 1.54) is 0 Å². The topological polar surface area (TPSA) is 59.6 Å². The maximum atomic E-state index is 11.8. The Hall–Kier alpha value is -2.40. The van der Waals surface area contributed by atoms with E-state index in [0.717, 1.165) is 35.5 Å². The first-order valence-electron chi connectivity index (χ1n) is 8.35. The van der Waals surface area contributed by atoms with Gasteiger partial charge in [-0.2, -0.15) is 0 Å². The van der Waals surface area contributed by atoms with Crippen LogP contribution in [0.4, 0.5) is 4.79 Å². The lowest BCUT2D eigenvalue weighted by atomic mass is 10.1. The molecule has 6 heteroatoms. The molecule has 5 nitrogen and oxygen atoms in total. The van der Waals surface area contributed by atoms with Crippen LogP contribution in [0.2, 0.25) is 5.02 Å². The molecule has 0 aromatic heterocycles. The van der Waals surface area contributed by atoms with E-state index in [9.17, 15) is 4.79 Å². The van der Waals surface area contributed by atoms with Gasteiger partial charge in [-0.3, -0.25) is 0 Å². The van der Waals surface area contributed by atoms with Crippen LogP contribution in [0.25, 0.3) is 0 Å². The predicted molar refractivity (Wildman–Crippen MR) is 97.7 cm³/mol. The van der Waals surface area contributed by atoms with Crippen molar-refractivity contribution in [2.45, 2.75) is 12.8 Å². The van der Waals surface area contributed by atoms with Crippen LogP contribution >= 0.6 is 11.6 Å². The van der Waals surface area contributed by atoms with E-state index in [0.29, 0.717) is 31.3 Å². The third-order valence-corrected chi connectivity index (χ3v) is 4.17. The van der Waals surface area contributed by atoms with Crippen molar-refractivity contribution >= 4 is 17.6 Å². The smallest absolute Gasteiger partial charge is 0.314 e. The Morgan fingerprint density at radius 1 is 0.880 bits per heavy atom. The van der Waals surface area contributed by atoms with Gasteiger partial charge in [-0.1, -0.05) is 29.8 Å². The number of nitrogens with one attached hydrogen (secondary N) is 2. The number of urea groups is 1. The van der Waals surface area contributed by atoms with Crippen LogP contribution in [0, 0.1) is 0 Å². The van der Waals surface area contributed by atoms with Crippen LogP contribution in [-0.2, 0) is 12.8 Å². The van der Waals surface area contributed by atoms with Crippen molar-refractivity contribution < 1.29 is 14.3 Å². The number of fused-ring (bicyclic) bond motifs is 1. The molecule has 0 saturated carbocycles. The van der Waals surface area contributed by atoms with Crippen molar-refractivity contribution in [1.29, 1.82) is 0 Å². The first-order chi connectivity index (χ1) is 12.2. The van der Waals surface area contributed by atoms with Crippen molar-refractivity contribution in [2.24, 2.45) is 0 Å². The summed E-state index contributed by atoms with van der Waals surface area (Å²) >= 11 is 5.85. The van der Waals surface area contributed by atoms with Crippen molar-refractivity contribution in [3.8, 4) is 11.5 Å². The average Bonchev–Trinajstić information content (AvgIpc) is 2.63. The van der Waals surface area contributed by atoms with Gasteiger partial charge in [0.2, 0.25) is 0 Å². The molecule has 1 heterocycles. The molecule has 3 rings (SSSR count). The van der Waals surface area contributed by atoms with Gasteiger partial charge in [0.25, 0.3) is 0 Å². The normalized spacial score (nSPS) is 12.5. The molecule has 0 radical (unpaired) electrons. The summed E-state index contributed by atoms with van der Waals surface area (Å²) in [6.45, 7) is 2.30. The van der Waals surface area contributed by atoms with Crippen molar-refractivity contribution in [1.82, 2.24) is 10.6 Å². The molecular formula is C19H21ClN2O3. The second-order valence-electron chi connectivity index (χ2n) is 5.79. The summed E-state index contributed by atoms with van der Waals surface area (Å²) in [6, 6.07) is 13.3. The Kier molecular flexibility index (Phi) is 6.01. The number of amides is 2. The van der Waals surface area contributed by atoms with Gasteiger partial charge in [0.15, 0.2) is 11.5 Å². The summed E-state index contributed by atoms with van der Waals surface area (Å²) in [7, 11) is 0. The van der Waals surface area contributed by atoms with Gasteiger partial charge in [-0.05, 0) is 48.2 Å². The quantitative estimate of drug-likeness (QED) is 0.831. The number of benzene rings is 2. The highest BCUT2D eigenvalue weighted by atomic mass is 35.5. The minimum absolute atomic E-state index is 0.161. The molecule has 2 aromatic rings. The third-order valence-electron chi connectivity index (χ3n) is 3.92. The fourth-order valence-electron chi connectivity index (χ4n) is 2.60. The summed E-state index contributed by atoms with van der Waals surface area (Å²) in [5.41, 5.74) is 2.24. The molecule has 0 spiro atoms. The second kappa shape index (κ2) is 8.62. The van der Waals surface area contributed by atoms with E-state index in [4.69, 9.17) is 21.1 Å². The summed E-state index contributed by atoms with van der Waals surface area (Å²) in [5.74, 6) is 1.55. The Morgan fingerprint density at radius 3 is 2.20 bits per heavy atom. The van der Waals surface area contributed by atoms with Gasteiger partial charge in [0, 0.05) is 18.1 Å². The Labute approximate surface area is 152 Å². The number of carbonyl (C=O) groups is 1. The van der Waals surface area contributed by atoms with E-state index in [-0.39, 0.29) is 6.03 Å². The SMILES string of the molecule is O=C(NCCc1ccc(Cl)cc1)NCCc1ccc2c(c1)OCCO2. The standard InChI is InChI=1S/C19H21ClN2O3/c20-16-4-1-14(2-5-16)7-9-21-19(23)22-10-8-15-3-6-17-18(13-15)25-12-11-24-17/h1-6,13H,7-12H2,(H2,21,22,23). The maximum absolute atomic E-state index is 11.8. The first-order valence-corrected chi connectivity index (χ1v) is 8.73. The average molecular weight is 361 g/mol. The summed E-state index contributed by atoms with van der Waals surface area (Å²) < 4.78 is 11.1. The highest BCUT2D eigenvalue weighted by Gasteiger charge is 2.11. The van der Waals surface area contributed by atoms with Crippen LogP contribution in [0.3, 0.4) is 0 Å². The second-order valence-corrected chi connectivity index (χ2v) is 6.22. The minimum atomic E-state index is -0.161. The van der Waals surface area contributed by atoms with E-state index >= 15 is 0 Å². The molecule has 1 aliphatic heterocycles. The molecule has 0 atom stereocenters. The fraction of sp³-hybridized carbons (Fsp3) is 0.316. The highest BCUT2D eigenvalue weighted by molar-refractivity contribution is 6.30. The molecule has 2 aromatic carbocycles. The molecule has 0 fully saturated rings. The number of ether oxygens (including phenoxy) is 2. The lowest BCUT2D eigenvalue weighted by Crippen LogP contribution is -2.37. The zero-order valence-electron chi connectivity index (χ0n) is 13.9. The van der Waals surface area contributed by atoms with Crippen molar-refractivity contribution in [2.75, 3.05) is 26.3 Å². The van der Waals surface area contributed by atoms with E-state index < -0.39 is 0 Å². The molecule has 0 saturated heterocycles. The van der Waals surface area contributed by atoms with E-state index in [1.807, 2.05) is 42.5 Å². The maximum Gasteiger partial charge on any atom is 0.314 e. The van der Waals surface area contributed by atoms with Gasteiger partial charge in [0.05, 0.1) is 0 Å². The Morgan fingerprint density at radius 2 is 1.48 bits per heavy atom. The summed E-state index contributed by atoms with van der Waals surface area (Å²) in [4.78, 5) is 11.8. The summed E-state index contributed by atoms with van der Waals surface area (Å²) in [6.07, 6.45) is 1.51. The first kappa shape index (κ1) is 17.4. The van der Waals surface area contributed by atoms with E-state index in [2.05, 4.69) is 10.6 Å². The van der Waals surface area contributed by atoms with Gasteiger partial charge in [-0.25, -0.2) is 4.79 Å². The zero-order valence-corrected chi connectivity index (χ0v) is 14.6. The van der Waals surface area contributed by atoms with E-state index in [1.54, 1.807) is 0 Å². The van der Waals surface area contributed by atoms with Crippen molar-refractivity contribution in [3.63, 3.8) is 0 Å². The Balaban J connectivity index is 1.35. The predicted octanol–water partition coefficient (Wildman–Crippen LogP) is 3.20. The van der Waals surface area contributed by atoms with Crippen LogP contribution in [0.5, 0.6) is 11.5 Å². The highest BCUT2D eigenvalue weighted by Crippen LogP contribution is 2.30. The van der Waals surface area contributed by atoms with Crippen molar-refractivity contribution in [3.05, 3.63) is 58.6 Å². The molecular weight excluding hydrogens is 340 g/mol. The lowest BCUT2D eigenvalue weighted by Gasteiger charge is -2.18. The number of carbonyl (C=O) groups excluding carboxylic acids is 1. The minimum Gasteiger partial charge on any atom is -0.486 e. The molecule has 0 bridgehead atoms. The number of rotatable bonds is 6. The number of hydrogen-bond acceptors (Lipinski definition) is 3. The molecule has 2 N–H and O–H groups in total. The third kappa shape index (κ3) is 5.29. The number of hydrogen-bond donors (Lipinski definition) is 2. The molecule has 132 valence electrons. The molecule has 2 amide bonds. The van der Waals surface area contributed by atoms with Crippen LogP contribution < -0.4 is 20.1 Å². The number of halogens is 1. The lowest BCUT2D eigenvalue weighted by molar-refractivity contribution is 0.171. The van der Waals surface area contributed by atoms with Crippen LogP contribution in [0.15, 0.2) is 42.5 Å². The monoisotopic (exact) mass is 360 g/mol. The molecule has 0 unspecified atom stereocenters. The van der Waals surface area contributed by atoms with Crippen LogP contribution in [0.1, 0.15) is 11.1 Å². The molecule has 1 aliphatic rings. The van der Waals surface area contributed by atoms with Gasteiger partial charge in [0.1, 0.15) is 13.2 Å². The van der Waals surface area contributed by atoms with Gasteiger partial charge >= 0.3 is 6.03 Å². The largest absolute Gasteiger partial charge is 0.486 e. The zero-order chi connectivity index (χ0) is 17.5. The van der Waals surface area contributed by atoms with Crippen LogP contribution in [-0.4, -0.2) is 32.3 Å². The molecule has 0 aliphatic carbocycles.